The van der Waals surface area contributed by atoms with Gasteiger partial charge in [-0.2, -0.15) is 0 Å². The minimum atomic E-state index is -0.213. The van der Waals surface area contributed by atoms with E-state index in [-0.39, 0.29) is 18.0 Å². The zero-order valence-corrected chi connectivity index (χ0v) is 16.7. The Hall–Kier alpha value is -2.47. The highest BCUT2D eigenvalue weighted by molar-refractivity contribution is 7.18. The van der Waals surface area contributed by atoms with Gasteiger partial charge in [0.2, 0.25) is 5.91 Å². The molecule has 1 aliphatic rings. The van der Waals surface area contributed by atoms with Crippen LogP contribution in [0.1, 0.15) is 40.2 Å². The van der Waals surface area contributed by atoms with Gasteiger partial charge in [0.15, 0.2) is 0 Å². The molecule has 1 amide bonds. The molecule has 4 rings (SSSR count). The van der Waals surface area contributed by atoms with Crippen molar-refractivity contribution in [2.24, 2.45) is 0 Å². The number of hydrogen-bond donors (Lipinski definition) is 1. The molecule has 0 atom stereocenters. The molecule has 1 aromatic carbocycles. The number of amides is 1. The first-order valence-electron chi connectivity index (χ1n) is 9.32. The molecule has 1 aliphatic carbocycles. The Morgan fingerprint density at radius 2 is 1.85 bits per heavy atom. The van der Waals surface area contributed by atoms with Crippen LogP contribution in [0.4, 0.5) is 5.69 Å². The molecule has 1 N–H and O–H groups in total. The first-order valence-corrected chi connectivity index (χ1v) is 10.1. The Morgan fingerprint density at radius 1 is 1.15 bits per heavy atom. The molecule has 27 heavy (non-hydrogen) atoms. The van der Waals surface area contributed by atoms with E-state index in [0.717, 1.165) is 51.9 Å². The Balaban J connectivity index is 1.67. The molecule has 6 heteroatoms. The van der Waals surface area contributed by atoms with Gasteiger partial charge in [-0.25, -0.2) is 4.98 Å². The quantitative estimate of drug-likeness (QED) is 0.748. The molecule has 0 saturated heterocycles. The van der Waals surface area contributed by atoms with Crippen molar-refractivity contribution in [3.8, 4) is 0 Å². The van der Waals surface area contributed by atoms with Crippen molar-refractivity contribution in [2.45, 2.75) is 53.0 Å². The number of aromatic nitrogens is 2. The predicted octanol–water partition coefficient (Wildman–Crippen LogP) is 3.90. The van der Waals surface area contributed by atoms with Crippen LogP contribution >= 0.6 is 11.3 Å². The van der Waals surface area contributed by atoms with Crippen LogP contribution in [0.2, 0.25) is 0 Å². The number of thiophene rings is 1. The maximum atomic E-state index is 13.1. The van der Waals surface area contributed by atoms with Gasteiger partial charge >= 0.3 is 0 Å². The molecule has 140 valence electrons. The van der Waals surface area contributed by atoms with Crippen molar-refractivity contribution >= 4 is 33.1 Å². The largest absolute Gasteiger partial charge is 0.325 e. The number of carbonyl (C=O) groups excluding carboxylic acids is 1. The van der Waals surface area contributed by atoms with Gasteiger partial charge in [0.1, 0.15) is 17.2 Å². The Bertz CT molecular complexity index is 1090. The average molecular weight is 382 g/mol. The molecule has 0 fully saturated rings. The van der Waals surface area contributed by atoms with Crippen molar-refractivity contribution in [1.29, 1.82) is 0 Å². The van der Waals surface area contributed by atoms with E-state index in [0.29, 0.717) is 5.82 Å². The van der Waals surface area contributed by atoms with Crippen LogP contribution in [0.5, 0.6) is 0 Å². The number of rotatable bonds is 3. The Morgan fingerprint density at radius 3 is 2.59 bits per heavy atom. The number of benzene rings is 1. The van der Waals surface area contributed by atoms with Crippen LogP contribution in [0, 0.1) is 20.8 Å². The molecule has 2 aromatic heterocycles. The Labute approximate surface area is 162 Å². The van der Waals surface area contributed by atoms with Crippen molar-refractivity contribution in [1.82, 2.24) is 9.55 Å². The van der Waals surface area contributed by atoms with Gasteiger partial charge in [0.25, 0.3) is 5.56 Å². The first-order chi connectivity index (χ1) is 12.9. The summed E-state index contributed by atoms with van der Waals surface area (Å²) in [5, 5.41) is 3.63. The van der Waals surface area contributed by atoms with Gasteiger partial charge < -0.3 is 5.32 Å². The molecule has 0 spiro atoms. The highest BCUT2D eigenvalue weighted by Gasteiger charge is 2.21. The molecular formula is C21H23N3O2S. The predicted molar refractivity (Wildman–Crippen MR) is 110 cm³/mol. The fourth-order valence-electron chi connectivity index (χ4n) is 3.92. The van der Waals surface area contributed by atoms with Crippen LogP contribution in [0.25, 0.3) is 10.2 Å². The van der Waals surface area contributed by atoms with E-state index in [9.17, 15) is 9.59 Å². The first kappa shape index (κ1) is 17.9. The van der Waals surface area contributed by atoms with E-state index >= 15 is 0 Å². The highest BCUT2D eigenvalue weighted by Crippen LogP contribution is 2.33. The second-order valence-corrected chi connectivity index (χ2v) is 8.45. The van der Waals surface area contributed by atoms with Crippen LogP contribution < -0.4 is 10.9 Å². The lowest BCUT2D eigenvalue weighted by atomic mass is 9.97. The molecule has 0 bridgehead atoms. The van der Waals surface area contributed by atoms with Gasteiger partial charge in [-0.15, -0.1) is 11.3 Å². The third-order valence-electron chi connectivity index (χ3n) is 5.07. The SMILES string of the molecule is Cc1cc(C)cc(NC(=O)Cn2c(C)nc3sc4c(c3c2=O)CCCC4)c1. The van der Waals surface area contributed by atoms with Crippen LogP contribution in [-0.2, 0) is 24.2 Å². The fourth-order valence-corrected chi connectivity index (χ4v) is 5.21. The van der Waals surface area contributed by atoms with Crippen LogP contribution in [0.15, 0.2) is 23.0 Å². The summed E-state index contributed by atoms with van der Waals surface area (Å²) in [6.45, 7) is 5.76. The average Bonchev–Trinajstić information content (AvgIpc) is 2.95. The monoisotopic (exact) mass is 381 g/mol. The molecular weight excluding hydrogens is 358 g/mol. The summed E-state index contributed by atoms with van der Waals surface area (Å²) in [7, 11) is 0. The number of anilines is 1. The number of aryl methyl sites for hydroxylation is 5. The van der Waals surface area contributed by atoms with Crippen molar-refractivity contribution in [3.05, 3.63) is 55.9 Å². The maximum Gasteiger partial charge on any atom is 0.263 e. The normalized spacial score (nSPS) is 13.6. The number of fused-ring (bicyclic) bond motifs is 3. The van der Waals surface area contributed by atoms with Gasteiger partial charge in [0.05, 0.1) is 5.39 Å². The third kappa shape index (κ3) is 3.41. The van der Waals surface area contributed by atoms with E-state index in [1.54, 1.807) is 18.3 Å². The lowest BCUT2D eigenvalue weighted by Gasteiger charge is -2.12. The standard InChI is InChI=1S/C21H23N3O2S/c1-12-8-13(2)10-15(9-12)23-18(25)11-24-14(3)22-20-19(21(24)26)16-6-4-5-7-17(16)27-20/h8-10H,4-7,11H2,1-3H3,(H,23,25). The second-order valence-electron chi connectivity index (χ2n) is 7.37. The summed E-state index contributed by atoms with van der Waals surface area (Å²) in [5.41, 5.74) is 4.00. The number of carbonyl (C=O) groups is 1. The van der Waals surface area contributed by atoms with Crippen molar-refractivity contribution < 1.29 is 4.79 Å². The zero-order chi connectivity index (χ0) is 19.1. The molecule has 0 radical (unpaired) electrons. The summed E-state index contributed by atoms with van der Waals surface area (Å²) >= 11 is 1.64. The fraction of sp³-hybridized carbons (Fsp3) is 0.381. The van der Waals surface area contributed by atoms with Crippen LogP contribution in [0.3, 0.4) is 0 Å². The van der Waals surface area contributed by atoms with Gasteiger partial charge in [-0.1, -0.05) is 6.07 Å². The van der Waals surface area contributed by atoms with Gasteiger partial charge in [-0.3, -0.25) is 14.2 Å². The molecule has 3 aromatic rings. The summed E-state index contributed by atoms with van der Waals surface area (Å²) in [6.07, 6.45) is 4.25. The summed E-state index contributed by atoms with van der Waals surface area (Å²) in [5.74, 6) is 0.372. The highest BCUT2D eigenvalue weighted by atomic mass is 32.1. The third-order valence-corrected chi connectivity index (χ3v) is 6.26. The molecule has 0 saturated carbocycles. The number of hydrogen-bond acceptors (Lipinski definition) is 4. The van der Waals surface area contributed by atoms with Gasteiger partial charge in [-0.05, 0) is 75.3 Å². The molecule has 5 nitrogen and oxygen atoms in total. The zero-order valence-electron chi connectivity index (χ0n) is 15.9. The molecule has 2 heterocycles. The molecule has 0 aliphatic heterocycles. The minimum Gasteiger partial charge on any atom is -0.325 e. The smallest absolute Gasteiger partial charge is 0.263 e. The topological polar surface area (TPSA) is 64.0 Å². The van der Waals surface area contributed by atoms with E-state index < -0.39 is 0 Å². The minimum absolute atomic E-state index is 0.0226. The Kier molecular flexibility index (Phi) is 4.60. The number of nitrogens with one attached hydrogen (secondary N) is 1. The van der Waals surface area contributed by atoms with E-state index in [2.05, 4.69) is 16.4 Å². The van der Waals surface area contributed by atoms with Crippen molar-refractivity contribution in [2.75, 3.05) is 5.32 Å². The molecule has 0 unspecified atom stereocenters. The second kappa shape index (κ2) is 6.93. The van der Waals surface area contributed by atoms with Gasteiger partial charge in [0, 0.05) is 10.6 Å². The van der Waals surface area contributed by atoms with E-state index in [1.807, 2.05) is 26.0 Å². The number of nitrogens with zero attached hydrogens (tertiary/aromatic N) is 2. The van der Waals surface area contributed by atoms with E-state index in [4.69, 9.17) is 0 Å². The lowest BCUT2D eigenvalue weighted by molar-refractivity contribution is -0.116. The summed E-state index contributed by atoms with van der Waals surface area (Å²) < 4.78 is 1.50. The summed E-state index contributed by atoms with van der Waals surface area (Å²) in [4.78, 5) is 32.4. The van der Waals surface area contributed by atoms with Crippen molar-refractivity contribution in [3.63, 3.8) is 0 Å². The maximum absolute atomic E-state index is 13.1. The lowest BCUT2D eigenvalue weighted by Crippen LogP contribution is -2.30. The van der Waals surface area contributed by atoms with Crippen LogP contribution in [-0.4, -0.2) is 15.5 Å². The summed E-state index contributed by atoms with van der Waals surface area (Å²) in [6, 6.07) is 5.91. The van der Waals surface area contributed by atoms with E-state index in [1.165, 1.54) is 15.9 Å².